The van der Waals surface area contributed by atoms with Crippen molar-refractivity contribution in [3.05, 3.63) is 68.7 Å². The number of Topliss-reactive ketones (excluding diaryl/α,β-unsaturated/α-hetero) is 1. The maximum absolute atomic E-state index is 12.6. The van der Waals surface area contributed by atoms with Crippen LogP contribution in [0.15, 0.2) is 42.0 Å². The van der Waals surface area contributed by atoms with Crippen LogP contribution in [-0.4, -0.2) is 22.8 Å². The fourth-order valence-electron chi connectivity index (χ4n) is 2.31. The lowest BCUT2D eigenvalue weighted by molar-refractivity contribution is -0.112. The topological polar surface area (TPSA) is 83.5 Å². The Morgan fingerprint density at radius 1 is 1.04 bits per heavy atom. The van der Waals surface area contributed by atoms with Crippen molar-refractivity contribution in [1.82, 2.24) is 0 Å². The van der Waals surface area contributed by atoms with Gasteiger partial charge in [0.05, 0.1) is 26.9 Å². The number of carboxylic acids is 1. The number of fused-ring (bicyclic) bond motifs is 1. The molecule has 1 aliphatic heterocycles. The third-order valence-electron chi connectivity index (χ3n) is 3.50. The van der Waals surface area contributed by atoms with E-state index in [0.717, 1.165) is 0 Å². The molecule has 0 unspecified atom stereocenters. The summed E-state index contributed by atoms with van der Waals surface area (Å²) in [5.41, 5.74) is 0.790. The maximum Gasteiger partial charge on any atom is 0.335 e. The molecule has 2 N–H and O–H groups in total. The van der Waals surface area contributed by atoms with E-state index < -0.39 is 17.7 Å². The Morgan fingerprint density at radius 2 is 1.79 bits per heavy atom. The van der Waals surface area contributed by atoms with Crippen molar-refractivity contribution >= 4 is 52.6 Å². The zero-order valence-electron chi connectivity index (χ0n) is 12.0. The highest BCUT2D eigenvalue weighted by Crippen LogP contribution is 2.29. The minimum Gasteiger partial charge on any atom is -0.478 e. The van der Waals surface area contributed by atoms with Crippen LogP contribution >= 0.6 is 23.2 Å². The summed E-state index contributed by atoms with van der Waals surface area (Å²) in [7, 11) is 0. The number of ketones is 1. The van der Waals surface area contributed by atoms with Crippen LogP contribution in [0.2, 0.25) is 10.0 Å². The minimum atomic E-state index is -1.16. The number of nitrogens with one attached hydrogen (secondary N) is 1. The number of amides is 1. The van der Waals surface area contributed by atoms with Gasteiger partial charge in [-0.2, -0.15) is 0 Å². The molecule has 0 saturated carbocycles. The summed E-state index contributed by atoms with van der Waals surface area (Å²) in [5, 5.41) is 12.3. The molecular formula is C17H9Cl2NO4. The molecule has 3 rings (SSSR count). The van der Waals surface area contributed by atoms with Crippen LogP contribution in [0.1, 0.15) is 26.3 Å². The summed E-state index contributed by atoms with van der Waals surface area (Å²) < 4.78 is 0. The van der Waals surface area contributed by atoms with Crippen LogP contribution in [0, 0.1) is 0 Å². The number of carbonyl (C=O) groups is 3. The molecule has 2 aromatic carbocycles. The van der Waals surface area contributed by atoms with E-state index in [-0.39, 0.29) is 22.4 Å². The van der Waals surface area contributed by atoms with Crippen molar-refractivity contribution in [1.29, 1.82) is 0 Å². The highest BCUT2D eigenvalue weighted by atomic mass is 35.5. The predicted molar refractivity (Wildman–Crippen MR) is 90.8 cm³/mol. The van der Waals surface area contributed by atoms with Gasteiger partial charge < -0.3 is 10.4 Å². The second-order valence-electron chi connectivity index (χ2n) is 5.08. The molecule has 7 heteroatoms. The lowest BCUT2D eigenvalue weighted by atomic mass is 9.94. The number of rotatable bonds is 2. The smallest absolute Gasteiger partial charge is 0.335 e. The Hall–Kier alpha value is -2.63. The van der Waals surface area contributed by atoms with E-state index in [1.807, 2.05) is 0 Å². The van der Waals surface area contributed by atoms with Crippen molar-refractivity contribution in [2.75, 3.05) is 5.32 Å². The van der Waals surface area contributed by atoms with Gasteiger partial charge in [-0.3, -0.25) is 9.59 Å². The summed E-state index contributed by atoms with van der Waals surface area (Å²) in [6.45, 7) is 0. The number of anilines is 1. The fourth-order valence-corrected chi connectivity index (χ4v) is 2.62. The third-order valence-corrected chi connectivity index (χ3v) is 4.24. The van der Waals surface area contributed by atoms with Crippen LogP contribution < -0.4 is 5.32 Å². The average molecular weight is 362 g/mol. The first-order chi connectivity index (χ1) is 11.4. The quantitative estimate of drug-likeness (QED) is 0.627. The molecule has 5 nitrogen and oxygen atoms in total. The van der Waals surface area contributed by atoms with E-state index in [9.17, 15) is 14.4 Å². The van der Waals surface area contributed by atoms with Crippen LogP contribution in [0.25, 0.3) is 6.08 Å². The average Bonchev–Trinajstić information content (AvgIpc) is 2.54. The Kier molecular flexibility index (Phi) is 4.13. The Labute approximate surface area is 146 Å². The normalized spacial score (nSPS) is 15.2. The Bertz CT molecular complexity index is 934. The Balaban J connectivity index is 2.07. The van der Waals surface area contributed by atoms with E-state index in [0.29, 0.717) is 15.6 Å². The molecule has 0 spiro atoms. The lowest BCUT2D eigenvalue weighted by Gasteiger charge is -2.18. The van der Waals surface area contributed by atoms with Gasteiger partial charge in [-0.1, -0.05) is 29.3 Å². The molecule has 0 saturated heterocycles. The maximum atomic E-state index is 12.6. The van der Waals surface area contributed by atoms with Crippen molar-refractivity contribution in [3.63, 3.8) is 0 Å². The monoisotopic (exact) mass is 361 g/mol. The van der Waals surface area contributed by atoms with E-state index in [1.54, 1.807) is 12.1 Å². The highest BCUT2D eigenvalue weighted by molar-refractivity contribution is 6.42. The number of aromatic carboxylic acids is 1. The van der Waals surface area contributed by atoms with Gasteiger partial charge in [0, 0.05) is 5.56 Å². The Morgan fingerprint density at radius 3 is 2.46 bits per heavy atom. The zero-order chi connectivity index (χ0) is 17.4. The first kappa shape index (κ1) is 16.2. The molecule has 2 aromatic rings. The van der Waals surface area contributed by atoms with Gasteiger partial charge in [-0.25, -0.2) is 4.79 Å². The molecule has 0 bridgehead atoms. The van der Waals surface area contributed by atoms with Crippen molar-refractivity contribution in [3.8, 4) is 0 Å². The number of carboxylic acid groups (broad SMARTS) is 1. The first-order valence-electron chi connectivity index (χ1n) is 6.77. The van der Waals surface area contributed by atoms with Gasteiger partial charge in [-0.15, -0.1) is 0 Å². The molecule has 1 amide bonds. The van der Waals surface area contributed by atoms with Gasteiger partial charge in [-0.05, 0) is 42.0 Å². The number of hydrogen-bond acceptors (Lipinski definition) is 3. The van der Waals surface area contributed by atoms with E-state index >= 15 is 0 Å². The second kappa shape index (κ2) is 6.11. The van der Waals surface area contributed by atoms with Crippen LogP contribution in [0.5, 0.6) is 0 Å². The summed E-state index contributed by atoms with van der Waals surface area (Å²) in [6, 6.07) is 8.65. The van der Waals surface area contributed by atoms with E-state index in [1.165, 1.54) is 30.3 Å². The molecule has 0 atom stereocenters. The minimum absolute atomic E-state index is 0.0351. The molecule has 0 fully saturated rings. The fraction of sp³-hybridized carbons (Fsp3) is 0. The summed E-state index contributed by atoms with van der Waals surface area (Å²) in [5.74, 6) is -2.28. The lowest BCUT2D eigenvalue weighted by Crippen LogP contribution is -2.27. The van der Waals surface area contributed by atoms with Crippen LogP contribution in [0.3, 0.4) is 0 Å². The number of carbonyl (C=O) groups excluding carboxylic acids is 2. The van der Waals surface area contributed by atoms with Gasteiger partial charge in [0.15, 0.2) is 0 Å². The highest BCUT2D eigenvalue weighted by Gasteiger charge is 2.29. The van der Waals surface area contributed by atoms with Gasteiger partial charge in [0.25, 0.3) is 5.91 Å². The third kappa shape index (κ3) is 2.91. The molecular weight excluding hydrogens is 353 g/mol. The SMILES string of the molecule is O=C1Nc2ccc(C(=O)O)cc2C(=O)/C1=C\c1ccc(Cl)c(Cl)c1. The van der Waals surface area contributed by atoms with E-state index in [4.69, 9.17) is 28.3 Å². The van der Waals surface area contributed by atoms with Gasteiger partial charge >= 0.3 is 5.97 Å². The summed E-state index contributed by atoms with van der Waals surface area (Å²) in [6.07, 6.45) is 1.39. The summed E-state index contributed by atoms with van der Waals surface area (Å²) >= 11 is 11.8. The van der Waals surface area contributed by atoms with Crippen molar-refractivity contribution in [2.24, 2.45) is 0 Å². The predicted octanol–water partition coefficient (Wildman–Crippen LogP) is 3.91. The molecule has 120 valence electrons. The number of halogens is 2. The van der Waals surface area contributed by atoms with E-state index in [2.05, 4.69) is 5.32 Å². The molecule has 0 aromatic heterocycles. The zero-order valence-corrected chi connectivity index (χ0v) is 13.5. The van der Waals surface area contributed by atoms with Gasteiger partial charge in [0.1, 0.15) is 0 Å². The van der Waals surface area contributed by atoms with Crippen LogP contribution in [0.4, 0.5) is 5.69 Å². The van der Waals surface area contributed by atoms with Crippen LogP contribution in [-0.2, 0) is 4.79 Å². The molecule has 1 heterocycles. The second-order valence-corrected chi connectivity index (χ2v) is 5.89. The standard InChI is InChI=1S/C17H9Cl2NO4/c18-12-3-1-8(6-13(12)19)5-11-15(21)10-7-9(17(23)24)2-4-14(10)20-16(11)22/h1-7H,(H,20,22)(H,23,24)/b11-5+. The summed E-state index contributed by atoms with van der Waals surface area (Å²) in [4.78, 5) is 35.8. The molecule has 0 radical (unpaired) electrons. The van der Waals surface area contributed by atoms with Crippen molar-refractivity contribution < 1.29 is 19.5 Å². The number of hydrogen-bond donors (Lipinski definition) is 2. The largest absolute Gasteiger partial charge is 0.478 e. The number of benzene rings is 2. The van der Waals surface area contributed by atoms with Gasteiger partial charge in [0.2, 0.25) is 5.78 Å². The molecule has 24 heavy (non-hydrogen) atoms. The molecule has 0 aliphatic carbocycles. The van der Waals surface area contributed by atoms with Crippen molar-refractivity contribution in [2.45, 2.75) is 0 Å². The first-order valence-corrected chi connectivity index (χ1v) is 7.52. The molecule has 1 aliphatic rings.